The van der Waals surface area contributed by atoms with Crippen LogP contribution < -0.4 is 28.4 Å². The van der Waals surface area contributed by atoms with Crippen LogP contribution in [0.2, 0.25) is 15.1 Å². The molecule has 15 rings (SSSR count). The van der Waals surface area contributed by atoms with Crippen LogP contribution in [0.5, 0.6) is 17.2 Å². The molecule has 0 unspecified atom stereocenters. The third-order valence-corrected chi connectivity index (χ3v) is 27.5. The Morgan fingerprint density at radius 2 is 0.736 bits per heavy atom. The lowest BCUT2D eigenvalue weighted by Crippen LogP contribution is -2.31. The van der Waals surface area contributed by atoms with Gasteiger partial charge < -0.3 is 29.2 Å². The van der Waals surface area contributed by atoms with Gasteiger partial charge in [0.25, 0.3) is 47.8 Å². The van der Waals surface area contributed by atoms with E-state index < -0.39 is 47.8 Å². The number of thiophene rings is 1. The van der Waals surface area contributed by atoms with Crippen molar-refractivity contribution in [1.82, 2.24) is 43.9 Å². The molecule has 0 saturated heterocycles. The van der Waals surface area contributed by atoms with Crippen LogP contribution in [0.4, 0.5) is 0 Å². The maximum absolute atomic E-state index is 13.5. The Hall–Kier alpha value is -11.8. The summed E-state index contributed by atoms with van der Waals surface area (Å²) >= 11 is 20.5. The number of halogens is 3. The maximum Gasteiger partial charge on any atom is 0.281 e. The number of sulfonamides is 3. The minimum Gasteiger partial charge on any atom is -0.494 e. The van der Waals surface area contributed by atoms with Crippen LogP contribution in [0, 0.1) is 55.4 Å². The highest BCUT2D eigenvalue weighted by molar-refractivity contribution is 7.90. The second kappa shape index (κ2) is 37.9. The van der Waals surface area contributed by atoms with Crippen molar-refractivity contribution in [2.24, 2.45) is 7.05 Å². The lowest BCUT2D eigenvalue weighted by molar-refractivity contribution is 0.0967. The fraction of sp³-hybridized carbons (Fsp3) is 0.194. The number of nitrogens with one attached hydrogen (secondary N) is 6. The Labute approximate surface area is 722 Å². The van der Waals surface area contributed by atoms with Crippen molar-refractivity contribution in [1.29, 1.82) is 0 Å². The van der Waals surface area contributed by atoms with E-state index >= 15 is 0 Å². The van der Waals surface area contributed by atoms with Crippen LogP contribution in [0.25, 0.3) is 65.5 Å². The molecule has 28 heteroatoms. The number of aromatic amines is 3. The second-order valence-electron chi connectivity index (χ2n) is 29.2. The molecule has 21 nitrogen and oxygen atoms in total. The summed E-state index contributed by atoms with van der Waals surface area (Å²) in [5.74, 6) is 0.0393. The fourth-order valence-corrected chi connectivity index (χ4v) is 18.9. The number of pyridine rings is 1. The number of nitrogens with zero attached hydrogens (tertiary/aromatic N) is 3. The number of ether oxygens (including phenoxy) is 3. The topological polar surface area (TPSA) is 295 Å². The van der Waals surface area contributed by atoms with Gasteiger partial charge in [0.15, 0.2) is 0 Å². The summed E-state index contributed by atoms with van der Waals surface area (Å²) in [4.78, 5) is 55.8. The molecule has 6 aromatic heterocycles. The average Bonchev–Trinajstić information content (AvgIpc) is 1.62. The average molecular weight is 1760 g/mol. The van der Waals surface area contributed by atoms with Crippen LogP contribution in [0.1, 0.15) is 112 Å². The number of hydrogen-bond acceptors (Lipinski definition) is 15. The second-order valence-corrected chi connectivity index (χ2v) is 36.3. The number of fused-ring (bicyclic) bond motifs is 3. The van der Waals surface area contributed by atoms with Gasteiger partial charge in [-0.1, -0.05) is 150 Å². The highest BCUT2D eigenvalue weighted by Gasteiger charge is 2.30. The van der Waals surface area contributed by atoms with Gasteiger partial charge >= 0.3 is 0 Å². The standard InChI is InChI=1S/C32H30ClN3O4S.C31H29ClN2O4S2.C30H29ClN4O4S/c1-20-18-23(19-21(2)29(20)33)40-17-9-15-28-27-13-7-12-26(25-14-8-16-34-22(25)3)30(27)35-31(28)32(37)36-41(38,39)24-10-5-4-6-11-24;1-19-14-16-39-30(19)26-12-7-11-24-25(13-8-15-38-22-17-20(2)27(32)21(3)18-22)29(33-28(24)26)31(35)34-40(36,37)23-9-5-4-6-10-23;1-19-17-21(18-20(2)27(19)31)39-16-8-13-24-23-11-7-12-25(26-14-15-32-35(26)3)28(23)33-29(24)30(36)34-40(37,38)22-9-5-4-6-10-22/h4-8,10-14,16,18-19,35H,9,15,17H2,1-3H3,(H,36,37);4-7,9-12,14,16-18,33H,8,13,15H2,1-3H3,(H,34,35);4-7,9-12,14-15,17-18,33H,8,13,16H2,1-3H3,(H,34,36). The van der Waals surface area contributed by atoms with Gasteiger partial charge in [0, 0.05) is 83.5 Å². The number of aromatic nitrogens is 6. The third-order valence-electron chi connectivity index (χ3n) is 20.6. The van der Waals surface area contributed by atoms with E-state index in [1.54, 1.807) is 83.0 Å². The number of H-pyrrole nitrogens is 3. The molecular formula is C93H88Cl3N9O12S4. The summed E-state index contributed by atoms with van der Waals surface area (Å²) < 4.78 is 104. The summed E-state index contributed by atoms with van der Waals surface area (Å²) in [7, 11) is -10.3. The largest absolute Gasteiger partial charge is 0.494 e. The van der Waals surface area contributed by atoms with E-state index in [1.807, 2.05) is 177 Å². The van der Waals surface area contributed by atoms with E-state index in [9.17, 15) is 39.6 Å². The zero-order chi connectivity index (χ0) is 86.0. The molecule has 3 amide bonds. The predicted molar refractivity (Wildman–Crippen MR) is 481 cm³/mol. The summed E-state index contributed by atoms with van der Waals surface area (Å²) in [6.45, 7) is 16.8. The molecule has 15 aromatic rings. The van der Waals surface area contributed by atoms with Crippen molar-refractivity contribution in [2.45, 2.75) is 109 Å². The number of para-hydroxylation sites is 3. The van der Waals surface area contributed by atoms with Gasteiger partial charge in [-0.3, -0.25) is 24.0 Å². The number of benzene rings is 9. The van der Waals surface area contributed by atoms with Crippen LogP contribution in [0.3, 0.4) is 0 Å². The molecule has 0 aliphatic carbocycles. The Morgan fingerprint density at radius 3 is 1.07 bits per heavy atom. The number of carbonyl (C=O) groups excluding carboxylic acids is 3. The number of carbonyl (C=O) groups is 3. The van der Waals surface area contributed by atoms with Crippen molar-refractivity contribution in [2.75, 3.05) is 19.8 Å². The summed E-state index contributed by atoms with van der Waals surface area (Å²) in [5, 5.41) is 11.0. The van der Waals surface area contributed by atoms with Crippen LogP contribution >= 0.6 is 46.1 Å². The zero-order valence-corrected chi connectivity index (χ0v) is 73.3. The van der Waals surface area contributed by atoms with E-state index in [2.05, 4.69) is 45.3 Å². The van der Waals surface area contributed by atoms with E-state index in [0.717, 1.165) is 154 Å². The first-order chi connectivity index (χ1) is 58.0. The zero-order valence-electron chi connectivity index (χ0n) is 67.7. The van der Waals surface area contributed by atoms with Crippen LogP contribution in [-0.2, 0) is 56.4 Å². The molecule has 0 atom stereocenters. The molecule has 0 radical (unpaired) electrons. The minimum atomic E-state index is -4.07. The van der Waals surface area contributed by atoms with E-state index in [4.69, 9.17) is 49.0 Å². The van der Waals surface area contributed by atoms with Crippen molar-refractivity contribution >= 4 is 127 Å². The van der Waals surface area contributed by atoms with Crippen molar-refractivity contribution < 1.29 is 53.8 Å². The van der Waals surface area contributed by atoms with Gasteiger partial charge in [0.05, 0.1) is 56.8 Å². The molecule has 121 heavy (non-hydrogen) atoms. The molecule has 0 saturated carbocycles. The van der Waals surface area contributed by atoms with E-state index in [1.165, 1.54) is 36.4 Å². The molecule has 0 bridgehead atoms. The molecule has 0 fully saturated rings. The van der Waals surface area contributed by atoms with Crippen LogP contribution in [0.15, 0.2) is 239 Å². The summed E-state index contributed by atoms with van der Waals surface area (Å²) in [5.41, 5.74) is 17.2. The maximum atomic E-state index is 13.5. The summed E-state index contributed by atoms with van der Waals surface area (Å²) in [6, 6.07) is 60.3. The first-order valence-electron chi connectivity index (χ1n) is 38.9. The Bertz CT molecular complexity index is 6410. The Kier molecular flexibility index (Phi) is 27.2. The van der Waals surface area contributed by atoms with Crippen molar-refractivity contribution in [3.8, 4) is 50.1 Å². The molecule has 6 heterocycles. The monoisotopic (exact) mass is 1760 g/mol. The third kappa shape index (κ3) is 20.0. The van der Waals surface area contributed by atoms with Gasteiger partial charge in [-0.15, -0.1) is 11.3 Å². The van der Waals surface area contributed by atoms with Crippen LogP contribution in [-0.4, -0.2) is 92.5 Å². The molecule has 622 valence electrons. The van der Waals surface area contributed by atoms with Crippen molar-refractivity contribution in [3.05, 3.63) is 318 Å². The van der Waals surface area contributed by atoms with Gasteiger partial charge in [0.2, 0.25) is 0 Å². The molecule has 0 aliphatic rings. The van der Waals surface area contributed by atoms with Gasteiger partial charge in [0.1, 0.15) is 34.3 Å². The molecule has 9 aromatic carbocycles. The number of rotatable bonds is 27. The minimum absolute atomic E-state index is 0.0125. The van der Waals surface area contributed by atoms with Gasteiger partial charge in [-0.25, -0.2) is 39.4 Å². The smallest absolute Gasteiger partial charge is 0.281 e. The van der Waals surface area contributed by atoms with E-state index in [-0.39, 0.29) is 31.8 Å². The quantitative estimate of drug-likeness (QED) is 0.0261. The first kappa shape index (κ1) is 87.0. The SMILES string of the molecule is Cc1cc(OCCCc2c(C(=O)NS(=O)(=O)c3ccccc3)[nH]c3c(-c4cccnc4C)cccc23)cc(C)c1Cl.Cc1cc(OCCCc2c(C(=O)NS(=O)(=O)c3ccccc3)[nH]c3c(-c4ccnn4C)cccc23)cc(C)c1Cl.Cc1ccsc1-c1cccc2c(CCCOc3cc(C)c(Cl)c(C)c3)c(C(=O)NS(=O)(=O)c3ccccc3)[nH]c12. The molecule has 0 aliphatic heterocycles. The normalized spacial score (nSPS) is 11.6. The molecular weight excluding hydrogens is 1670 g/mol. The molecule has 0 spiro atoms. The molecule has 6 N–H and O–H groups in total. The Morgan fingerprint density at radius 1 is 0.397 bits per heavy atom. The van der Waals surface area contributed by atoms with E-state index in [0.29, 0.717) is 63.9 Å². The number of amides is 3. The number of aryl methyl sites for hydroxylation is 12. The highest BCUT2D eigenvalue weighted by Crippen LogP contribution is 2.40. The predicted octanol–water partition coefficient (Wildman–Crippen LogP) is 20.5. The van der Waals surface area contributed by atoms with Gasteiger partial charge in [-0.2, -0.15) is 5.10 Å². The highest BCUT2D eigenvalue weighted by atomic mass is 35.5. The fourth-order valence-electron chi connectivity index (χ4n) is 14.6. The van der Waals surface area contributed by atoms with Crippen molar-refractivity contribution in [3.63, 3.8) is 0 Å². The lowest BCUT2D eigenvalue weighted by atomic mass is 9.99. The Balaban J connectivity index is 0.000000157. The first-order valence-corrected chi connectivity index (χ1v) is 45.3. The summed E-state index contributed by atoms with van der Waals surface area (Å²) in [6.07, 6.45) is 6.70. The van der Waals surface area contributed by atoms with Gasteiger partial charge in [-0.05, 0) is 246 Å². The number of hydrogen-bond donors (Lipinski definition) is 6. The lowest BCUT2D eigenvalue weighted by Gasteiger charge is -2.11.